The van der Waals surface area contributed by atoms with Gasteiger partial charge in [-0.3, -0.25) is 0 Å². The summed E-state index contributed by atoms with van der Waals surface area (Å²) >= 11 is 0. The maximum absolute atomic E-state index is 4.54. The van der Waals surface area contributed by atoms with Crippen LogP contribution in [0, 0.1) is 0 Å². The molecule has 76 valence electrons. The van der Waals surface area contributed by atoms with Crippen LogP contribution in [0.1, 0.15) is 43.6 Å². The molecule has 1 aromatic rings. The van der Waals surface area contributed by atoms with Gasteiger partial charge >= 0.3 is 0 Å². The van der Waals surface area contributed by atoms with Gasteiger partial charge in [0.2, 0.25) is 0 Å². The van der Waals surface area contributed by atoms with E-state index in [-0.39, 0.29) is 0 Å². The minimum atomic E-state index is 0.429. The zero-order chi connectivity index (χ0) is 9.97. The van der Waals surface area contributed by atoms with Crippen LogP contribution in [0.2, 0.25) is 0 Å². The lowest BCUT2D eigenvalue weighted by Crippen LogP contribution is -2.12. The number of rotatable bonds is 2. The van der Waals surface area contributed by atoms with Gasteiger partial charge in [0.25, 0.3) is 0 Å². The number of nitrogens with one attached hydrogen (secondary N) is 1. The molecule has 1 aromatic heterocycles. The van der Waals surface area contributed by atoms with E-state index in [1.165, 1.54) is 0 Å². The quantitative estimate of drug-likeness (QED) is 0.761. The van der Waals surface area contributed by atoms with E-state index in [0.29, 0.717) is 11.8 Å². The maximum Gasteiger partial charge on any atom is 0.155 e. The summed E-state index contributed by atoms with van der Waals surface area (Å²) < 4.78 is 0. The van der Waals surface area contributed by atoms with Crippen molar-refractivity contribution in [3.63, 3.8) is 0 Å². The van der Waals surface area contributed by atoms with Gasteiger partial charge in [0, 0.05) is 12.5 Å². The van der Waals surface area contributed by atoms with Gasteiger partial charge in [0.1, 0.15) is 0 Å². The zero-order valence-electron chi connectivity index (χ0n) is 8.70. The van der Waals surface area contributed by atoms with E-state index in [1.807, 2.05) is 0 Å². The zero-order valence-corrected chi connectivity index (χ0v) is 8.70. The molecular weight excluding hydrogens is 176 g/mol. The van der Waals surface area contributed by atoms with Crippen LogP contribution in [0.25, 0.3) is 0 Å². The summed E-state index contributed by atoms with van der Waals surface area (Å²) in [5.41, 5.74) is 1.04. The third-order valence-corrected chi connectivity index (χ3v) is 2.61. The highest BCUT2D eigenvalue weighted by molar-refractivity contribution is 5.06. The summed E-state index contributed by atoms with van der Waals surface area (Å²) in [6.07, 6.45) is 2.89. The van der Waals surface area contributed by atoms with Gasteiger partial charge in [0.05, 0.1) is 11.9 Å². The van der Waals surface area contributed by atoms with Gasteiger partial charge in [0.15, 0.2) is 5.82 Å². The summed E-state index contributed by atoms with van der Waals surface area (Å²) in [5, 5.41) is 11.4. The molecule has 2 heterocycles. The van der Waals surface area contributed by atoms with E-state index >= 15 is 0 Å². The SMILES string of the molecule is CC(C)c1cnnc(C2CCNC2)n1. The van der Waals surface area contributed by atoms with Crippen LogP contribution in [-0.4, -0.2) is 28.3 Å². The van der Waals surface area contributed by atoms with Crippen LogP contribution in [0.15, 0.2) is 6.20 Å². The molecule has 0 radical (unpaired) electrons. The summed E-state index contributed by atoms with van der Waals surface area (Å²) in [4.78, 5) is 4.54. The highest BCUT2D eigenvalue weighted by Crippen LogP contribution is 2.19. The minimum Gasteiger partial charge on any atom is -0.316 e. The Morgan fingerprint density at radius 1 is 1.50 bits per heavy atom. The Bertz CT molecular complexity index is 305. The number of nitrogens with zero attached hydrogens (tertiary/aromatic N) is 3. The van der Waals surface area contributed by atoms with Gasteiger partial charge in [-0.2, -0.15) is 5.10 Å². The van der Waals surface area contributed by atoms with Crippen molar-refractivity contribution in [3.8, 4) is 0 Å². The Balaban J connectivity index is 2.21. The normalized spacial score (nSPS) is 21.8. The molecule has 0 aromatic carbocycles. The van der Waals surface area contributed by atoms with E-state index in [0.717, 1.165) is 31.0 Å². The minimum absolute atomic E-state index is 0.429. The molecule has 4 nitrogen and oxygen atoms in total. The summed E-state index contributed by atoms with van der Waals surface area (Å²) in [7, 11) is 0. The van der Waals surface area contributed by atoms with Crippen molar-refractivity contribution in [1.29, 1.82) is 0 Å². The van der Waals surface area contributed by atoms with Crippen LogP contribution in [0.3, 0.4) is 0 Å². The highest BCUT2D eigenvalue weighted by Gasteiger charge is 2.20. The van der Waals surface area contributed by atoms with Crippen molar-refractivity contribution in [2.75, 3.05) is 13.1 Å². The Morgan fingerprint density at radius 3 is 3.00 bits per heavy atom. The molecule has 0 saturated carbocycles. The van der Waals surface area contributed by atoms with E-state index in [1.54, 1.807) is 6.20 Å². The molecule has 0 spiro atoms. The third-order valence-electron chi connectivity index (χ3n) is 2.61. The molecular formula is C10H16N4. The second-order valence-corrected chi connectivity index (χ2v) is 4.08. The highest BCUT2D eigenvalue weighted by atomic mass is 15.2. The smallest absolute Gasteiger partial charge is 0.155 e. The second-order valence-electron chi connectivity index (χ2n) is 4.08. The topological polar surface area (TPSA) is 50.7 Å². The fraction of sp³-hybridized carbons (Fsp3) is 0.700. The first-order chi connectivity index (χ1) is 6.77. The number of hydrogen-bond acceptors (Lipinski definition) is 4. The molecule has 1 fully saturated rings. The molecule has 0 bridgehead atoms. The van der Waals surface area contributed by atoms with Crippen molar-refractivity contribution < 1.29 is 0 Å². The summed E-state index contributed by atoms with van der Waals surface area (Å²) in [6.45, 7) is 6.31. The lowest BCUT2D eigenvalue weighted by Gasteiger charge is -2.08. The van der Waals surface area contributed by atoms with Crippen LogP contribution in [0.4, 0.5) is 0 Å². The van der Waals surface area contributed by atoms with E-state index < -0.39 is 0 Å². The molecule has 2 rings (SSSR count). The van der Waals surface area contributed by atoms with Crippen LogP contribution in [-0.2, 0) is 0 Å². The van der Waals surface area contributed by atoms with E-state index in [4.69, 9.17) is 0 Å². The van der Waals surface area contributed by atoms with Crippen LogP contribution in [0.5, 0.6) is 0 Å². The number of hydrogen-bond donors (Lipinski definition) is 1. The molecule has 14 heavy (non-hydrogen) atoms. The van der Waals surface area contributed by atoms with Gasteiger partial charge < -0.3 is 5.32 Å². The fourth-order valence-corrected chi connectivity index (χ4v) is 1.66. The Hall–Kier alpha value is -1.03. The van der Waals surface area contributed by atoms with Crippen molar-refractivity contribution in [2.24, 2.45) is 0 Å². The maximum atomic E-state index is 4.54. The molecule has 1 unspecified atom stereocenters. The molecule has 1 aliphatic heterocycles. The van der Waals surface area contributed by atoms with Crippen molar-refractivity contribution >= 4 is 0 Å². The molecule has 1 aliphatic rings. The summed E-state index contributed by atoms with van der Waals surface area (Å²) in [6, 6.07) is 0. The molecule has 0 amide bonds. The molecule has 4 heteroatoms. The Kier molecular flexibility index (Phi) is 2.72. The Morgan fingerprint density at radius 2 is 2.36 bits per heavy atom. The second kappa shape index (κ2) is 4.00. The largest absolute Gasteiger partial charge is 0.316 e. The standard InChI is InChI=1S/C10H16N4/c1-7(2)9-6-12-14-10(13-9)8-3-4-11-5-8/h6-8,11H,3-5H2,1-2H3. The average Bonchev–Trinajstić information content (AvgIpc) is 2.71. The van der Waals surface area contributed by atoms with Crippen LogP contribution < -0.4 is 5.32 Å². The lowest BCUT2D eigenvalue weighted by molar-refractivity contribution is 0.653. The van der Waals surface area contributed by atoms with Crippen molar-refractivity contribution in [3.05, 3.63) is 17.7 Å². The van der Waals surface area contributed by atoms with Crippen molar-refractivity contribution in [2.45, 2.75) is 32.1 Å². The summed E-state index contributed by atoms with van der Waals surface area (Å²) in [5.74, 6) is 1.79. The van der Waals surface area contributed by atoms with Crippen LogP contribution >= 0.6 is 0 Å². The van der Waals surface area contributed by atoms with Gasteiger partial charge in [-0.25, -0.2) is 4.98 Å². The van der Waals surface area contributed by atoms with Gasteiger partial charge in [-0.05, 0) is 18.9 Å². The van der Waals surface area contributed by atoms with E-state index in [9.17, 15) is 0 Å². The fourth-order valence-electron chi connectivity index (χ4n) is 1.66. The molecule has 1 atom stereocenters. The van der Waals surface area contributed by atoms with Crippen molar-refractivity contribution in [1.82, 2.24) is 20.5 Å². The monoisotopic (exact) mass is 192 g/mol. The predicted molar refractivity (Wildman–Crippen MR) is 54.1 cm³/mol. The first-order valence-electron chi connectivity index (χ1n) is 5.17. The molecule has 1 N–H and O–H groups in total. The van der Waals surface area contributed by atoms with Gasteiger partial charge in [-0.15, -0.1) is 5.10 Å². The first-order valence-corrected chi connectivity index (χ1v) is 5.17. The van der Waals surface area contributed by atoms with Gasteiger partial charge in [-0.1, -0.05) is 13.8 Å². The Labute approximate surface area is 84.2 Å². The average molecular weight is 192 g/mol. The molecule has 1 saturated heterocycles. The van der Waals surface area contributed by atoms with E-state index in [2.05, 4.69) is 34.3 Å². The third kappa shape index (κ3) is 1.90. The predicted octanol–water partition coefficient (Wildman–Crippen LogP) is 1.07. The lowest BCUT2D eigenvalue weighted by atomic mass is 10.1. The first kappa shape index (κ1) is 9.52. The molecule has 0 aliphatic carbocycles. The number of aromatic nitrogens is 3.